The Balaban J connectivity index is 0.00000123. The number of hydrogen-bond donors (Lipinski definition) is 3. The number of hydrogen-bond acceptors (Lipinski definition) is 4. The summed E-state index contributed by atoms with van der Waals surface area (Å²) in [5.74, 6) is -19.0. The van der Waals surface area contributed by atoms with Crippen molar-refractivity contribution in [1.29, 1.82) is 0 Å². The molecule has 0 aliphatic rings. The summed E-state index contributed by atoms with van der Waals surface area (Å²) >= 11 is 0. The van der Waals surface area contributed by atoms with E-state index in [0.717, 1.165) is 6.07 Å². The molecule has 0 amide bonds. The minimum Gasteiger partial charge on any atom is -0.491 e. The monoisotopic (exact) mass is 474 g/mol. The van der Waals surface area contributed by atoms with Crippen molar-refractivity contribution in [3.8, 4) is 16.9 Å². The van der Waals surface area contributed by atoms with Crippen molar-refractivity contribution in [2.24, 2.45) is 0 Å². The van der Waals surface area contributed by atoms with E-state index >= 15 is 0 Å². The summed E-state index contributed by atoms with van der Waals surface area (Å²) in [5.41, 5.74) is -3.43. The molecule has 0 atom stereocenters. The molecule has 142 valence electrons. The average Bonchev–Trinajstić information content (AvgIpc) is 2.56. The summed E-state index contributed by atoms with van der Waals surface area (Å²) in [6, 6.07) is 1.16. The summed E-state index contributed by atoms with van der Waals surface area (Å²) in [5, 5.41) is 21.5. The van der Waals surface area contributed by atoms with Crippen LogP contribution in [0.1, 0.15) is 0 Å². The molecule has 4 nitrogen and oxygen atoms in total. The van der Waals surface area contributed by atoms with Crippen molar-refractivity contribution in [1.82, 2.24) is 0 Å². The minimum atomic E-state index is -2.42. The van der Waals surface area contributed by atoms with Gasteiger partial charge in [-0.3, -0.25) is 8.78 Å². The molecule has 27 heavy (non-hydrogen) atoms. The Morgan fingerprint density at radius 1 is 0.704 bits per heavy atom. The first-order valence-electron chi connectivity index (χ1n) is 6.15. The fraction of sp³-hybridized carbons (Fsp3) is 0.0769. The van der Waals surface area contributed by atoms with Crippen molar-refractivity contribution in [3.05, 3.63) is 52.6 Å². The van der Waals surface area contributed by atoms with Crippen LogP contribution in [0.25, 0.3) is 11.1 Å². The summed E-state index contributed by atoms with van der Waals surface area (Å²) in [6.45, 7) is 0. The number of benzene rings is 2. The third kappa shape index (κ3) is 5.71. The normalized spacial score (nSPS) is 9.93. The van der Waals surface area contributed by atoms with E-state index in [-0.39, 0.29) is 58.2 Å². The molecular formula is C13H6BF8O4Rb. The quantitative estimate of drug-likeness (QED) is 0.176. The Morgan fingerprint density at radius 3 is 1.48 bits per heavy atom. The smallest absolute Gasteiger partial charge is 0.491 e. The van der Waals surface area contributed by atoms with Gasteiger partial charge in [-0.25, -0.2) is 26.3 Å². The van der Waals surface area contributed by atoms with Crippen LogP contribution < -0.4 is 62.9 Å². The van der Waals surface area contributed by atoms with Crippen LogP contribution in [0.15, 0.2) is 0 Å². The van der Waals surface area contributed by atoms with Gasteiger partial charge in [0.15, 0.2) is 17.4 Å². The van der Waals surface area contributed by atoms with E-state index in [1.54, 1.807) is 0 Å². The zero-order chi connectivity index (χ0) is 20.3. The maximum Gasteiger partial charge on any atom is 1.00 e. The van der Waals surface area contributed by atoms with E-state index in [2.05, 4.69) is 4.74 Å². The fourth-order valence-corrected chi connectivity index (χ4v) is 1.70. The number of ether oxygens (including phenoxy) is 1. The standard InChI is InChI=1S/C13H3F8O.BH3O3.Rb/c1-22-13-11(20)8(17)5(9(18)12(13)21)3-2-4(14)7(16)10(19)6(3)15;2-1(3)4;/h1H3;2-4H;/q-1;;+1. The Kier molecular flexibility index (Phi) is 10.6. The third-order valence-electron chi connectivity index (χ3n) is 2.71. The van der Waals surface area contributed by atoms with Crippen LogP contribution in [0.5, 0.6) is 5.75 Å². The van der Waals surface area contributed by atoms with Gasteiger partial charge in [0.05, 0.1) is 18.7 Å². The second-order valence-electron chi connectivity index (χ2n) is 4.27. The number of methoxy groups -OCH3 is 1. The molecule has 0 aliphatic heterocycles. The summed E-state index contributed by atoms with van der Waals surface area (Å²) in [6.07, 6.45) is 0. The number of rotatable bonds is 2. The van der Waals surface area contributed by atoms with E-state index < -0.39 is 70.7 Å². The van der Waals surface area contributed by atoms with Crippen molar-refractivity contribution in [2.45, 2.75) is 0 Å². The second-order valence-corrected chi connectivity index (χ2v) is 4.27. The van der Waals surface area contributed by atoms with Gasteiger partial charge < -0.3 is 19.8 Å². The molecule has 0 heterocycles. The van der Waals surface area contributed by atoms with Crippen molar-refractivity contribution in [3.63, 3.8) is 0 Å². The predicted octanol–water partition coefficient (Wildman–Crippen LogP) is -0.773. The van der Waals surface area contributed by atoms with Gasteiger partial charge >= 0.3 is 65.5 Å². The molecule has 0 bridgehead atoms. The minimum absolute atomic E-state index is 0. The Bertz CT molecular complexity index is 805. The van der Waals surface area contributed by atoms with Crippen molar-refractivity contribution >= 4 is 7.32 Å². The van der Waals surface area contributed by atoms with E-state index in [1.807, 2.05) is 0 Å². The van der Waals surface area contributed by atoms with E-state index in [4.69, 9.17) is 15.1 Å². The number of halogens is 8. The average molecular weight is 474 g/mol. The first kappa shape index (κ1) is 26.4. The molecule has 0 unspecified atom stereocenters. The largest absolute Gasteiger partial charge is 1.00 e. The van der Waals surface area contributed by atoms with Crippen LogP contribution in [0.3, 0.4) is 0 Å². The molecule has 0 fully saturated rings. The van der Waals surface area contributed by atoms with Gasteiger partial charge in [0.1, 0.15) is 23.3 Å². The molecule has 0 radical (unpaired) electrons. The fourth-order valence-electron chi connectivity index (χ4n) is 1.70. The Labute approximate surface area is 195 Å². The SMILES string of the molecule is COc1c(F)c(F)c(-c2[c-]c(F)c(F)c(F)c2F)c(F)c1F.OB(O)O.[Rb+]. The van der Waals surface area contributed by atoms with Crippen molar-refractivity contribution in [2.75, 3.05) is 7.11 Å². The van der Waals surface area contributed by atoms with Gasteiger partial charge in [-0.05, 0) is 5.56 Å². The first-order chi connectivity index (χ1) is 11.9. The topological polar surface area (TPSA) is 69.9 Å². The van der Waals surface area contributed by atoms with Gasteiger partial charge in [0, 0.05) is 0 Å². The molecule has 3 N–H and O–H groups in total. The molecule has 14 heteroatoms. The zero-order valence-electron chi connectivity index (χ0n) is 13.4. The van der Waals surface area contributed by atoms with Crippen LogP contribution in [0.2, 0.25) is 0 Å². The molecule has 0 aliphatic carbocycles. The van der Waals surface area contributed by atoms with Gasteiger partial charge in [0.25, 0.3) is 0 Å². The predicted molar refractivity (Wildman–Crippen MR) is 69.3 cm³/mol. The van der Waals surface area contributed by atoms with Crippen LogP contribution in [-0.4, -0.2) is 29.5 Å². The summed E-state index contributed by atoms with van der Waals surface area (Å²) in [7, 11) is -1.47. The van der Waals surface area contributed by atoms with E-state index in [0.29, 0.717) is 7.11 Å². The van der Waals surface area contributed by atoms with Gasteiger partial charge in [-0.1, -0.05) is 11.6 Å². The van der Waals surface area contributed by atoms with Crippen LogP contribution in [-0.2, 0) is 0 Å². The van der Waals surface area contributed by atoms with Gasteiger partial charge in [-0.2, -0.15) is 0 Å². The van der Waals surface area contributed by atoms with Crippen LogP contribution in [0.4, 0.5) is 35.1 Å². The van der Waals surface area contributed by atoms with Gasteiger partial charge in [0.2, 0.25) is 0 Å². The molecular weight excluding hydrogens is 468 g/mol. The molecule has 0 saturated carbocycles. The molecule has 0 saturated heterocycles. The molecule has 0 spiro atoms. The van der Waals surface area contributed by atoms with Crippen LogP contribution in [0, 0.1) is 52.6 Å². The Hall–Kier alpha value is -0.570. The zero-order valence-corrected chi connectivity index (χ0v) is 18.3. The summed E-state index contributed by atoms with van der Waals surface area (Å²) < 4.78 is 111. The van der Waals surface area contributed by atoms with E-state index in [1.165, 1.54) is 0 Å². The maximum atomic E-state index is 13.7. The molecule has 2 aromatic carbocycles. The third-order valence-corrected chi connectivity index (χ3v) is 2.71. The van der Waals surface area contributed by atoms with Crippen LogP contribution >= 0.6 is 0 Å². The summed E-state index contributed by atoms with van der Waals surface area (Å²) in [4.78, 5) is 0. The maximum absolute atomic E-state index is 13.7. The first-order valence-corrected chi connectivity index (χ1v) is 6.15. The van der Waals surface area contributed by atoms with E-state index in [9.17, 15) is 35.1 Å². The van der Waals surface area contributed by atoms with Gasteiger partial charge in [-0.15, -0.1) is 0 Å². The molecule has 2 aromatic rings. The molecule has 0 aromatic heterocycles. The van der Waals surface area contributed by atoms with Crippen molar-refractivity contribution < 1.29 is 113 Å². The Morgan fingerprint density at radius 2 is 1.11 bits per heavy atom. The molecule has 2 rings (SSSR count). The second kappa shape index (κ2) is 10.8.